The molecule has 0 saturated heterocycles. The summed E-state index contributed by atoms with van der Waals surface area (Å²) in [5, 5.41) is 12.5. The van der Waals surface area contributed by atoms with E-state index in [1.54, 1.807) is 0 Å². The summed E-state index contributed by atoms with van der Waals surface area (Å²) in [7, 11) is 0. The van der Waals surface area contributed by atoms with Gasteiger partial charge in [0.2, 0.25) is 6.79 Å². The van der Waals surface area contributed by atoms with Gasteiger partial charge in [-0.15, -0.1) is 0 Å². The highest BCUT2D eigenvalue weighted by Crippen LogP contribution is 2.32. The van der Waals surface area contributed by atoms with E-state index in [0.29, 0.717) is 25.4 Å². The average Bonchev–Trinajstić information content (AvgIpc) is 2.96. The molecule has 21 heavy (non-hydrogen) atoms. The van der Waals surface area contributed by atoms with E-state index < -0.39 is 0 Å². The van der Waals surface area contributed by atoms with Gasteiger partial charge in [0.1, 0.15) is 0 Å². The normalized spacial score (nSPS) is 16.0. The fourth-order valence-corrected chi connectivity index (χ4v) is 2.47. The number of hydrogen-bond acceptors (Lipinski definition) is 4. The van der Waals surface area contributed by atoms with Gasteiger partial charge in [-0.3, -0.25) is 0 Å². The van der Waals surface area contributed by atoms with Gasteiger partial charge in [0.15, 0.2) is 11.5 Å². The van der Waals surface area contributed by atoms with E-state index in [0.717, 1.165) is 43.7 Å². The van der Waals surface area contributed by atoms with Crippen LogP contribution in [0.2, 0.25) is 0 Å². The predicted octanol–water partition coefficient (Wildman–Crippen LogP) is 2.73. The number of aliphatic hydroxyl groups excluding tert-OH is 1. The Morgan fingerprint density at radius 3 is 2.81 bits per heavy atom. The molecule has 0 aromatic heterocycles. The number of nitrogens with one attached hydrogen (secondary N) is 1. The Kier molecular flexibility index (Phi) is 6.33. The van der Waals surface area contributed by atoms with Gasteiger partial charge >= 0.3 is 0 Å². The Hall–Kier alpha value is -1.26. The Bertz CT molecular complexity index is 436. The fourth-order valence-electron chi connectivity index (χ4n) is 2.47. The van der Waals surface area contributed by atoms with Crippen LogP contribution in [0.15, 0.2) is 18.2 Å². The second-order valence-electron chi connectivity index (χ2n) is 6.01. The van der Waals surface area contributed by atoms with Crippen molar-refractivity contribution in [1.82, 2.24) is 5.32 Å². The van der Waals surface area contributed by atoms with E-state index in [4.69, 9.17) is 14.6 Å². The summed E-state index contributed by atoms with van der Waals surface area (Å²) in [4.78, 5) is 0. The van der Waals surface area contributed by atoms with Gasteiger partial charge in [0, 0.05) is 12.6 Å². The molecule has 0 spiro atoms. The van der Waals surface area contributed by atoms with Crippen molar-refractivity contribution in [2.75, 3.05) is 19.9 Å². The first-order chi connectivity index (χ1) is 10.2. The zero-order chi connectivity index (χ0) is 15.1. The van der Waals surface area contributed by atoms with E-state index in [9.17, 15) is 0 Å². The van der Waals surface area contributed by atoms with Crippen LogP contribution in [0.1, 0.15) is 38.7 Å². The molecule has 1 aliphatic rings. The zero-order valence-corrected chi connectivity index (χ0v) is 13.1. The first-order valence-corrected chi connectivity index (χ1v) is 7.92. The monoisotopic (exact) mass is 293 g/mol. The first kappa shape index (κ1) is 16.1. The van der Waals surface area contributed by atoms with Crippen LogP contribution in [0.5, 0.6) is 11.5 Å². The van der Waals surface area contributed by atoms with Crippen LogP contribution in [-0.2, 0) is 6.42 Å². The Morgan fingerprint density at radius 2 is 2.00 bits per heavy atom. The van der Waals surface area contributed by atoms with Crippen molar-refractivity contribution in [2.45, 2.75) is 45.6 Å². The molecule has 0 aliphatic carbocycles. The average molecular weight is 293 g/mol. The molecule has 118 valence electrons. The molecule has 1 aliphatic heterocycles. The molecule has 0 saturated carbocycles. The first-order valence-electron chi connectivity index (χ1n) is 7.92. The Balaban J connectivity index is 1.63. The molecule has 0 bridgehead atoms. The van der Waals surface area contributed by atoms with Crippen LogP contribution in [0.25, 0.3) is 0 Å². The lowest BCUT2D eigenvalue weighted by Gasteiger charge is -2.15. The third-order valence-electron chi connectivity index (χ3n) is 3.98. The van der Waals surface area contributed by atoms with Crippen molar-refractivity contribution in [3.8, 4) is 11.5 Å². The third-order valence-corrected chi connectivity index (χ3v) is 3.98. The summed E-state index contributed by atoms with van der Waals surface area (Å²) in [6.45, 7) is 5.96. The predicted molar refractivity (Wildman–Crippen MR) is 83.8 cm³/mol. The lowest BCUT2D eigenvalue weighted by Crippen LogP contribution is -2.27. The number of fused-ring (bicyclic) bond motifs is 1. The van der Waals surface area contributed by atoms with Gasteiger partial charge in [-0.05, 0) is 62.8 Å². The SMILES string of the molecule is CC(CO)CCCNC(C)CCc1ccc2c(c1)OCO2. The minimum atomic E-state index is 0.291. The van der Waals surface area contributed by atoms with E-state index in [-0.39, 0.29) is 0 Å². The number of rotatable bonds is 9. The molecule has 0 radical (unpaired) electrons. The lowest BCUT2D eigenvalue weighted by atomic mass is 10.0. The van der Waals surface area contributed by atoms with Crippen molar-refractivity contribution >= 4 is 0 Å². The Morgan fingerprint density at radius 1 is 1.19 bits per heavy atom. The molecular weight excluding hydrogens is 266 g/mol. The standard InChI is InChI=1S/C17H27NO3/c1-13(11-19)4-3-9-18-14(2)5-6-15-7-8-16-17(10-15)21-12-20-16/h7-8,10,13-14,18-19H,3-6,9,11-12H2,1-2H3. The molecule has 1 heterocycles. The van der Waals surface area contributed by atoms with Crippen molar-refractivity contribution < 1.29 is 14.6 Å². The van der Waals surface area contributed by atoms with Gasteiger partial charge < -0.3 is 19.9 Å². The molecule has 4 heteroatoms. The molecule has 0 amide bonds. The summed E-state index contributed by atoms with van der Waals surface area (Å²) in [5.74, 6) is 2.13. The maximum atomic E-state index is 8.98. The number of aryl methyl sites for hydroxylation is 1. The van der Waals surface area contributed by atoms with Crippen molar-refractivity contribution in [3.05, 3.63) is 23.8 Å². The maximum absolute atomic E-state index is 8.98. The fraction of sp³-hybridized carbons (Fsp3) is 0.647. The highest BCUT2D eigenvalue weighted by atomic mass is 16.7. The molecule has 2 atom stereocenters. The molecule has 2 unspecified atom stereocenters. The molecule has 4 nitrogen and oxygen atoms in total. The van der Waals surface area contributed by atoms with Crippen LogP contribution in [-0.4, -0.2) is 31.1 Å². The number of hydrogen-bond donors (Lipinski definition) is 2. The van der Waals surface area contributed by atoms with Gasteiger partial charge in [0.25, 0.3) is 0 Å². The zero-order valence-electron chi connectivity index (χ0n) is 13.1. The molecule has 1 aromatic carbocycles. The van der Waals surface area contributed by atoms with Gasteiger partial charge in [-0.1, -0.05) is 13.0 Å². The minimum Gasteiger partial charge on any atom is -0.454 e. The second kappa shape index (κ2) is 8.25. The molecule has 2 N–H and O–H groups in total. The highest BCUT2D eigenvalue weighted by Gasteiger charge is 2.13. The van der Waals surface area contributed by atoms with Gasteiger partial charge in [-0.25, -0.2) is 0 Å². The quantitative estimate of drug-likeness (QED) is 0.687. The molecule has 0 fully saturated rings. The van der Waals surface area contributed by atoms with E-state index in [1.165, 1.54) is 5.56 Å². The second-order valence-corrected chi connectivity index (χ2v) is 6.01. The van der Waals surface area contributed by atoms with Crippen LogP contribution in [0, 0.1) is 5.92 Å². The number of benzene rings is 1. The number of ether oxygens (including phenoxy) is 2. The van der Waals surface area contributed by atoms with Crippen LogP contribution < -0.4 is 14.8 Å². The highest BCUT2D eigenvalue weighted by molar-refractivity contribution is 5.44. The third kappa shape index (κ3) is 5.21. The minimum absolute atomic E-state index is 0.291. The summed E-state index contributed by atoms with van der Waals surface area (Å²) in [5.41, 5.74) is 1.29. The van der Waals surface area contributed by atoms with Crippen LogP contribution in [0.4, 0.5) is 0 Å². The summed E-state index contributed by atoms with van der Waals surface area (Å²) in [6, 6.07) is 6.69. The molecule has 1 aromatic rings. The lowest BCUT2D eigenvalue weighted by molar-refractivity contribution is 0.174. The van der Waals surface area contributed by atoms with Gasteiger partial charge in [0.05, 0.1) is 0 Å². The van der Waals surface area contributed by atoms with Crippen LogP contribution >= 0.6 is 0 Å². The van der Waals surface area contributed by atoms with E-state index in [1.807, 2.05) is 6.07 Å². The van der Waals surface area contributed by atoms with E-state index in [2.05, 4.69) is 31.3 Å². The summed E-state index contributed by atoms with van der Waals surface area (Å²) >= 11 is 0. The smallest absolute Gasteiger partial charge is 0.231 e. The Labute approximate surface area is 127 Å². The van der Waals surface area contributed by atoms with Gasteiger partial charge in [-0.2, -0.15) is 0 Å². The summed E-state index contributed by atoms with van der Waals surface area (Å²) in [6.07, 6.45) is 4.35. The summed E-state index contributed by atoms with van der Waals surface area (Å²) < 4.78 is 10.7. The number of aliphatic hydroxyl groups is 1. The topological polar surface area (TPSA) is 50.7 Å². The largest absolute Gasteiger partial charge is 0.454 e. The van der Waals surface area contributed by atoms with Crippen molar-refractivity contribution in [1.29, 1.82) is 0 Å². The molecule has 2 rings (SSSR count). The van der Waals surface area contributed by atoms with E-state index >= 15 is 0 Å². The maximum Gasteiger partial charge on any atom is 0.231 e. The van der Waals surface area contributed by atoms with Crippen molar-refractivity contribution in [2.24, 2.45) is 5.92 Å². The van der Waals surface area contributed by atoms with Crippen molar-refractivity contribution in [3.63, 3.8) is 0 Å². The molecular formula is C17H27NO3. The van der Waals surface area contributed by atoms with Crippen LogP contribution in [0.3, 0.4) is 0 Å².